The fourth-order valence-corrected chi connectivity index (χ4v) is 4.11. The van der Waals surface area contributed by atoms with Gasteiger partial charge in [-0.1, -0.05) is 38.5 Å². The Hall–Kier alpha value is -1.33. The number of sulfone groups is 1. The molecule has 0 saturated heterocycles. The molecular weight excluding hydrogens is 274 g/mol. The average molecular weight is 295 g/mol. The summed E-state index contributed by atoms with van der Waals surface area (Å²) in [7, 11) is -3.16. The van der Waals surface area contributed by atoms with Crippen molar-refractivity contribution in [2.75, 3.05) is 11.5 Å². The molecule has 0 aliphatic carbocycles. The molecule has 110 valence electrons. The van der Waals surface area contributed by atoms with Gasteiger partial charge in [-0.05, 0) is 18.1 Å². The van der Waals surface area contributed by atoms with E-state index < -0.39 is 15.9 Å². The van der Waals surface area contributed by atoms with E-state index >= 15 is 0 Å². The monoisotopic (exact) mass is 295 g/mol. The Labute approximate surface area is 119 Å². The van der Waals surface area contributed by atoms with Crippen molar-refractivity contribution in [1.29, 1.82) is 0 Å². The van der Waals surface area contributed by atoms with Crippen molar-refractivity contribution in [2.45, 2.75) is 26.3 Å². The smallest absolute Gasteiger partial charge is 0.152 e. The Kier molecular flexibility index (Phi) is 4.50. The second-order valence-electron chi connectivity index (χ2n) is 5.38. The maximum Gasteiger partial charge on any atom is 0.152 e. The van der Waals surface area contributed by atoms with E-state index in [9.17, 15) is 8.42 Å². The number of hydrogen-bond donors (Lipinski definition) is 1. The number of rotatable bonds is 6. The van der Waals surface area contributed by atoms with Gasteiger partial charge in [0.1, 0.15) is 11.3 Å². The van der Waals surface area contributed by atoms with Crippen LogP contribution in [0, 0.1) is 5.92 Å². The highest BCUT2D eigenvalue weighted by Gasteiger charge is 2.22. The molecule has 2 atom stereocenters. The molecule has 0 fully saturated rings. The van der Waals surface area contributed by atoms with Crippen molar-refractivity contribution in [1.82, 2.24) is 0 Å². The van der Waals surface area contributed by atoms with Gasteiger partial charge in [-0.2, -0.15) is 0 Å². The molecule has 2 aromatic rings. The van der Waals surface area contributed by atoms with E-state index in [4.69, 9.17) is 10.2 Å². The Balaban J connectivity index is 2.13. The topological polar surface area (TPSA) is 73.3 Å². The highest BCUT2D eigenvalue weighted by molar-refractivity contribution is 7.91. The summed E-state index contributed by atoms with van der Waals surface area (Å²) in [6.07, 6.45) is 0.846. The molecule has 0 saturated carbocycles. The van der Waals surface area contributed by atoms with E-state index in [-0.39, 0.29) is 17.4 Å². The fraction of sp³-hybridized carbons (Fsp3) is 0.467. The van der Waals surface area contributed by atoms with Crippen molar-refractivity contribution in [3.63, 3.8) is 0 Å². The SMILES string of the molecule is CCC(C)CS(=O)(=O)CC(N)c1cc2ccccc2o1. The summed E-state index contributed by atoms with van der Waals surface area (Å²) in [6.45, 7) is 3.92. The van der Waals surface area contributed by atoms with Gasteiger partial charge >= 0.3 is 0 Å². The second-order valence-corrected chi connectivity index (χ2v) is 7.54. The molecule has 0 amide bonds. The molecule has 0 aliphatic rings. The summed E-state index contributed by atoms with van der Waals surface area (Å²) in [5, 5.41) is 0.942. The molecule has 2 unspecified atom stereocenters. The lowest BCUT2D eigenvalue weighted by molar-refractivity contribution is 0.504. The van der Waals surface area contributed by atoms with Crippen LogP contribution in [0.2, 0.25) is 0 Å². The molecule has 2 N–H and O–H groups in total. The first-order chi connectivity index (χ1) is 9.41. The summed E-state index contributed by atoms with van der Waals surface area (Å²) in [4.78, 5) is 0. The van der Waals surface area contributed by atoms with Crippen LogP contribution in [-0.2, 0) is 9.84 Å². The number of nitrogens with two attached hydrogens (primary N) is 1. The maximum atomic E-state index is 12.1. The predicted octanol–water partition coefficient (Wildman–Crippen LogP) is 2.89. The molecule has 20 heavy (non-hydrogen) atoms. The van der Waals surface area contributed by atoms with Crippen LogP contribution in [0.4, 0.5) is 0 Å². The minimum atomic E-state index is -3.16. The molecule has 4 nitrogen and oxygen atoms in total. The first-order valence-electron chi connectivity index (χ1n) is 6.85. The van der Waals surface area contributed by atoms with Crippen molar-refractivity contribution < 1.29 is 12.8 Å². The zero-order chi connectivity index (χ0) is 14.8. The first kappa shape index (κ1) is 15.1. The third kappa shape index (κ3) is 3.61. The summed E-state index contributed by atoms with van der Waals surface area (Å²) in [5.41, 5.74) is 6.72. The molecule has 0 radical (unpaired) electrons. The van der Waals surface area contributed by atoms with Gasteiger partial charge in [-0.25, -0.2) is 8.42 Å². The average Bonchev–Trinajstić information content (AvgIpc) is 2.81. The molecule has 0 bridgehead atoms. The summed E-state index contributed by atoms with van der Waals surface area (Å²) in [6, 6.07) is 8.75. The van der Waals surface area contributed by atoms with Gasteiger partial charge < -0.3 is 10.2 Å². The highest BCUT2D eigenvalue weighted by Crippen LogP contribution is 2.24. The van der Waals surface area contributed by atoms with Gasteiger partial charge in [0.05, 0.1) is 17.5 Å². The van der Waals surface area contributed by atoms with Crippen LogP contribution in [0.5, 0.6) is 0 Å². The lowest BCUT2D eigenvalue weighted by atomic mass is 10.2. The minimum Gasteiger partial charge on any atom is -0.459 e. The van der Waals surface area contributed by atoms with E-state index in [0.29, 0.717) is 5.76 Å². The van der Waals surface area contributed by atoms with Crippen LogP contribution in [0.15, 0.2) is 34.7 Å². The number of benzene rings is 1. The second kappa shape index (κ2) is 5.97. The van der Waals surface area contributed by atoms with E-state index in [1.54, 1.807) is 0 Å². The summed E-state index contributed by atoms with van der Waals surface area (Å²) in [5.74, 6) is 0.788. The quantitative estimate of drug-likeness (QED) is 0.889. The van der Waals surface area contributed by atoms with Crippen LogP contribution >= 0.6 is 0 Å². The predicted molar refractivity (Wildman–Crippen MR) is 81.3 cm³/mol. The zero-order valence-corrected chi connectivity index (χ0v) is 12.7. The molecule has 1 aromatic carbocycles. The molecular formula is C15H21NO3S. The van der Waals surface area contributed by atoms with E-state index in [2.05, 4.69) is 0 Å². The van der Waals surface area contributed by atoms with Crippen molar-refractivity contribution >= 4 is 20.8 Å². The summed E-state index contributed by atoms with van der Waals surface area (Å²) < 4.78 is 29.8. The van der Waals surface area contributed by atoms with Crippen LogP contribution in [0.3, 0.4) is 0 Å². The number of fused-ring (bicyclic) bond motifs is 1. The number of hydrogen-bond acceptors (Lipinski definition) is 4. The number of furan rings is 1. The van der Waals surface area contributed by atoms with E-state index in [0.717, 1.165) is 17.4 Å². The van der Waals surface area contributed by atoms with Crippen molar-refractivity contribution in [3.8, 4) is 0 Å². The zero-order valence-electron chi connectivity index (χ0n) is 11.9. The van der Waals surface area contributed by atoms with E-state index in [1.807, 2.05) is 44.2 Å². The van der Waals surface area contributed by atoms with Gasteiger partial charge in [0.25, 0.3) is 0 Å². The summed E-state index contributed by atoms with van der Waals surface area (Å²) >= 11 is 0. The molecule has 5 heteroatoms. The van der Waals surface area contributed by atoms with Gasteiger partial charge in [-0.3, -0.25) is 0 Å². The van der Waals surface area contributed by atoms with Crippen molar-refractivity contribution in [2.24, 2.45) is 11.7 Å². The van der Waals surface area contributed by atoms with Crippen LogP contribution in [0.1, 0.15) is 32.1 Å². The van der Waals surface area contributed by atoms with Crippen LogP contribution in [-0.4, -0.2) is 19.9 Å². The van der Waals surface area contributed by atoms with E-state index in [1.165, 1.54) is 0 Å². The lowest BCUT2D eigenvalue weighted by Gasteiger charge is -2.12. The molecule has 1 aromatic heterocycles. The fourth-order valence-electron chi connectivity index (χ4n) is 2.16. The minimum absolute atomic E-state index is 0.0723. The Morgan fingerprint density at radius 3 is 2.60 bits per heavy atom. The van der Waals surface area contributed by atoms with Gasteiger partial charge in [-0.15, -0.1) is 0 Å². The third-order valence-electron chi connectivity index (χ3n) is 3.48. The highest BCUT2D eigenvalue weighted by atomic mass is 32.2. The number of para-hydroxylation sites is 1. The van der Waals surface area contributed by atoms with Gasteiger partial charge in [0.15, 0.2) is 9.84 Å². The molecule has 0 spiro atoms. The van der Waals surface area contributed by atoms with Crippen LogP contribution in [0.25, 0.3) is 11.0 Å². The molecule has 0 aliphatic heterocycles. The van der Waals surface area contributed by atoms with Crippen LogP contribution < -0.4 is 5.73 Å². The van der Waals surface area contributed by atoms with Crippen molar-refractivity contribution in [3.05, 3.63) is 36.1 Å². The standard InChI is InChI=1S/C15H21NO3S/c1-3-11(2)9-20(17,18)10-13(16)15-8-12-6-4-5-7-14(12)19-15/h4-8,11,13H,3,9-10,16H2,1-2H3. The largest absolute Gasteiger partial charge is 0.459 e. The Morgan fingerprint density at radius 1 is 1.25 bits per heavy atom. The third-order valence-corrected chi connectivity index (χ3v) is 5.42. The molecule has 2 rings (SSSR count). The normalized spacial score (nSPS) is 15.3. The first-order valence-corrected chi connectivity index (χ1v) is 8.68. The van der Waals surface area contributed by atoms with Gasteiger partial charge in [0.2, 0.25) is 0 Å². The lowest BCUT2D eigenvalue weighted by Crippen LogP contribution is -2.25. The Morgan fingerprint density at radius 2 is 1.95 bits per heavy atom. The van der Waals surface area contributed by atoms with Gasteiger partial charge in [0, 0.05) is 5.39 Å². The maximum absolute atomic E-state index is 12.1. The molecule has 1 heterocycles. The Bertz CT molecular complexity index is 642.